The molecule has 0 fully saturated rings. The molecule has 0 bridgehead atoms. The average molecular weight is 451 g/mol. The maximum absolute atomic E-state index is 12.6. The third-order valence-corrected chi connectivity index (χ3v) is 6.10. The van der Waals surface area contributed by atoms with E-state index >= 15 is 0 Å². The zero-order valence-corrected chi connectivity index (χ0v) is 17.4. The molecule has 1 amide bonds. The number of aromatic hydroxyl groups is 1. The van der Waals surface area contributed by atoms with Crippen LogP contribution in [-0.2, 0) is 10.0 Å². The topological polar surface area (TPSA) is 95.5 Å². The number of carbonyl (C=O) groups excluding carboxylic acids is 1. The normalized spacial score (nSPS) is 11.1. The van der Waals surface area contributed by atoms with Gasteiger partial charge in [0.25, 0.3) is 15.9 Å². The number of phenols is 1. The molecule has 0 saturated carbocycles. The van der Waals surface area contributed by atoms with E-state index in [9.17, 15) is 18.3 Å². The van der Waals surface area contributed by atoms with Crippen molar-refractivity contribution in [2.45, 2.75) is 11.8 Å². The van der Waals surface area contributed by atoms with Crippen LogP contribution in [-0.4, -0.2) is 19.4 Å². The van der Waals surface area contributed by atoms with Crippen LogP contribution >= 0.6 is 23.2 Å². The molecule has 150 valence electrons. The van der Waals surface area contributed by atoms with Gasteiger partial charge in [-0.25, -0.2) is 8.42 Å². The van der Waals surface area contributed by atoms with Gasteiger partial charge in [-0.15, -0.1) is 0 Å². The molecule has 0 spiro atoms. The number of hydrogen-bond acceptors (Lipinski definition) is 4. The third kappa shape index (κ3) is 5.00. The lowest BCUT2D eigenvalue weighted by atomic mass is 10.1. The highest BCUT2D eigenvalue weighted by atomic mass is 35.5. The monoisotopic (exact) mass is 450 g/mol. The smallest absolute Gasteiger partial charge is 0.261 e. The van der Waals surface area contributed by atoms with E-state index in [1.165, 1.54) is 48.5 Å². The third-order valence-electron chi connectivity index (χ3n) is 3.98. The lowest BCUT2D eigenvalue weighted by Crippen LogP contribution is -2.15. The van der Waals surface area contributed by atoms with Gasteiger partial charge in [0.1, 0.15) is 5.75 Å². The number of phenolic OH excluding ortho intramolecular Hbond substituents is 1. The van der Waals surface area contributed by atoms with Gasteiger partial charge in [0.05, 0.1) is 20.6 Å². The number of aryl methyl sites for hydroxylation is 1. The highest BCUT2D eigenvalue weighted by Crippen LogP contribution is 2.27. The van der Waals surface area contributed by atoms with Gasteiger partial charge >= 0.3 is 0 Å². The summed E-state index contributed by atoms with van der Waals surface area (Å²) in [6.07, 6.45) is 0. The Kier molecular flexibility index (Phi) is 6.02. The number of amides is 1. The highest BCUT2D eigenvalue weighted by Gasteiger charge is 2.17. The predicted molar refractivity (Wildman–Crippen MR) is 115 cm³/mol. The number of benzene rings is 3. The lowest BCUT2D eigenvalue weighted by molar-refractivity contribution is 0.102. The molecule has 0 aliphatic rings. The van der Waals surface area contributed by atoms with Crippen LogP contribution in [0.3, 0.4) is 0 Å². The van der Waals surface area contributed by atoms with Crippen LogP contribution in [0.4, 0.5) is 11.4 Å². The van der Waals surface area contributed by atoms with Crippen LogP contribution in [0.2, 0.25) is 10.0 Å². The van der Waals surface area contributed by atoms with Crippen molar-refractivity contribution in [1.82, 2.24) is 0 Å². The van der Waals surface area contributed by atoms with Crippen molar-refractivity contribution in [3.63, 3.8) is 0 Å². The maximum atomic E-state index is 12.6. The molecular weight excluding hydrogens is 435 g/mol. The summed E-state index contributed by atoms with van der Waals surface area (Å²) in [7, 11) is -3.93. The van der Waals surface area contributed by atoms with Gasteiger partial charge in [-0.05, 0) is 61.0 Å². The Morgan fingerprint density at radius 1 is 0.966 bits per heavy atom. The van der Waals surface area contributed by atoms with Gasteiger partial charge in [0.2, 0.25) is 0 Å². The predicted octanol–water partition coefficient (Wildman–Crippen LogP) is 5.06. The molecule has 0 aliphatic carbocycles. The SMILES string of the molecule is Cc1ccc(NC(=O)c2cccc(NS(=O)(=O)c3ccc(Cl)c(Cl)c3)c2)c(O)c1. The Bertz CT molecular complexity index is 1200. The summed E-state index contributed by atoms with van der Waals surface area (Å²) < 4.78 is 27.5. The van der Waals surface area contributed by atoms with Crippen molar-refractivity contribution >= 4 is 50.5 Å². The Labute approximate surface area is 178 Å². The standard InChI is InChI=1S/C20H16Cl2N2O4S/c1-12-5-8-18(19(25)9-12)23-20(26)13-3-2-4-14(10-13)24-29(27,28)15-6-7-16(21)17(22)11-15/h2-11,24-25H,1H3,(H,23,26). The first-order valence-electron chi connectivity index (χ1n) is 8.34. The summed E-state index contributed by atoms with van der Waals surface area (Å²) in [6.45, 7) is 1.81. The summed E-state index contributed by atoms with van der Waals surface area (Å²) in [5.41, 5.74) is 1.50. The molecule has 0 radical (unpaired) electrons. The fourth-order valence-electron chi connectivity index (χ4n) is 2.52. The molecule has 0 atom stereocenters. The second kappa shape index (κ2) is 8.32. The van der Waals surface area contributed by atoms with Crippen molar-refractivity contribution in [1.29, 1.82) is 0 Å². The van der Waals surface area contributed by atoms with E-state index in [0.29, 0.717) is 0 Å². The van der Waals surface area contributed by atoms with Gasteiger partial charge in [0, 0.05) is 11.3 Å². The Balaban J connectivity index is 1.81. The van der Waals surface area contributed by atoms with Gasteiger partial charge in [0.15, 0.2) is 0 Å². The van der Waals surface area contributed by atoms with E-state index in [1.807, 2.05) is 6.92 Å². The summed E-state index contributed by atoms with van der Waals surface area (Å²) in [5, 5.41) is 12.9. The molecule has 3 N–H and O–H groups in total. The minimum Gasteiger partial charge on any atom is -0.506 e. The molecule has 9 heteroatoms. The lowest BCUT2D eigenvalue weighted by Gasteiger charge is -2.11. The first kappa shape index (κ1) is 21.0. The maximum Gasteiger partial charge on any atom is 0.261 e. The first-order valence-corrected chi connectivity index (χ1v) is 10.6. The van der Waals surface area contributed by atoms with E-state index in [-0.39, 0.29) is 37.6 Å². The van der Waals surface area contributed by atoms with Crippen molar-refractivity contribution in [3.8, 4) is 5.75 Å². The van der Waals surface area contributed by atoms with Crippen molar-refractivity contribution in [3.05, 3.63) is 81.8 Å². The molecule has 3 aromatic rings. The van der Waals surface area contributed by atoms with Crippen molar-refractivity contribution in [2.24, 2.45) is 0 Å². The number of halogens is 2. The number of sulfonamides is 1. The number of nitrogens with one attached hydrogen (secondary N) is 2. The fraction of sp³-hybridized carbons (Fsp3) is 0.0500. The average Bonchev–Trinajstić information content (AvgIpc) is 2.66. The van der Waals surface area contributed by atoms with Crippen LogP contribution in [0, 0.1) is 6.92 Å². The molecule has 0 unspecified atom stereocenters. The molecular formula is C20H16Cl2N2O4S. The summed E-state index contributed by atoms with van der Waals surface area (Å²) in [5.74, 6) is -0.561. The molecule has 3 rings (SSSR count). The van der Waals surface area contributed by atoms with Crippen LogP contribution in [0.1, 0.15) is 15.9 Å². The Hall–Kier alpha value is -2.74. The number of hydrogen-bond donors (Lipinski definition) is 3. The van der Waals surface area contributed by atoms with Crippen LogP contribution in [0.25, 0.3) is 0 Å². The first-order chi connectivity index (χ1) is 13.7. The fourth-order valence-corrected chi connectivity index (χ4v) is 3.96. The molecule has 6 nitrogen and oxygen atoms in total. The molecule has 0 heterocycles. The summed E-state index contributed by atoms with van der Waals surface area (Å²) >= 11 is 11.7. The van der Waals surface area contributed by atoms with E-state index in [4.69, 9.17) is 23.2 Å². The van der Waals surface area contributed by atoms with Crippen LogP contribution in [0.15, 0.2) is 65.6 Å². The Morgan fingerprint density at radius 2 is 1.72 bits per heavy atom. The zero-order valence-electron chi connectivity index (χ0n) is 15.1. The summed E-state index contributed by atoms with van der Waals surface area (Å²) in [6, 6.07) is 14.8. The van der Waals surface area contributed by atoms with Crippen molar-refractivity contribution < 1.29 is 18.3 Å². The minimum absolute atomic E-state index is 0.0603. The van der Waals surface area contributed by atoms with Crippen LogP contribution in [0.5, 0.6) is 5.75 Å². The molecule has 3 aromatic carbocycles. The molecule has 0 aromatic heterocycles. The quantitative estimate of drug-likeness (QED) is 0.473. The second-order valence-electron chi connectivity index (χ2n) is 6.24. The summed E-state index contributed by atoms with van der Waals surface area (Å²) in [4.78, 5) is 12.4. The highest BCUT2D eigenvalue weighted by molar-refractivity contribution is 7.92. The molecule has 0 saturated heterocycles. The van der Waals surface area contributed by atoms with Gasteiger partial charge in [-0.1, -0.05) is 35.3 Å². The van der Waals surface area contributed by atoms with Crippen molar-refractivity contribution in [2.75, 3.05) is 10.0 Å². The second-order valence-corrected chi connectivity index (χ2v) is 8.73. The molecule has 29 heavy (non-hydrogen) atoms. The van der Waals surface area contributed by atoms with Gasteiger partial charge < -0.3 is 10.4 Å². The Morgan fingerprint density at radius 3 is 2.41 bits per heavy atom. The van der Waals surface area contributed by atoms with E-state index in [2.05, 4.69) is 10.0 Å². The largest absolute Gasteiger partial charge is 0.506 e. The molecule has 0 aliphatic heterocycles. The minimum atomic E-state index is -3.93. The van der Waals surface area contributed by atoms with Gasteiger partial charge in [-0.3, -0.25) is 9.52 Å². The number of carbonyl (C=O) groups is 1. The van der Waals surface area contributed by atoms with E-state index < -0.39 is 15.9 Å². The van der Waals surface area contributed by atoms with Gasteiger partial charge in [-0.2, -0.15) is 0 Å². The van der Waals surface area contributed by atoms with Crippen LogP contribution < -0.4 is 10.0 Å². The van der Waals surface area contributed by atoms with E-state index in [1.54, 1.807) is 12.1 Å². The zero-order chi connectivity index (χ0) is 21.2. The number of anilines is 2. The number of rotatable bonds is 5. The van der Waals surface area contributed by atoms with E-state index in [0.717, 1.165) is 5.56 Å².